The van der Waals surface area contributed by atoms with Crippen molar-refractivity contribution in [1.29, 1.82) is 0 Å². The van der Waals surface area contributed by atoms with Crippen LogP contribution in [-0.2, 0) is 9.63 Å². The first-order valence-corrected chi connectivity index (χ1v) is 7.26. The summed E-state index contributed by atoms with van der Waals surface area (Å²) in [6, 6.07) is 0. The fourth-order valence-corrected chi connectivity index (χ4v) is 2.66. The number of amides is 1. The van der Waals surface area contributed by atoms with Crippen molar-refractivity contribution in [3.63, 3.8) is 0 Å². The van der Waals surface area contributed by atoms with Gasteiger partial charge in [-0.15, -0.1) is 32.1 Å². The molecule has 0 unspecified atom stereocenters. The maximum absolute atomic E-state index is 11.3. The summed E-state index contributed by atoms with van der Waals surface area (Å²) in [6.07, 6.45) is 0. The first-order chi connectivity index (χ1) is 8.58. The number of nitrogens with two attached hydrogens (primary N) is 1. The number of nitrogens with zero attached hydrogens (tertiary/aromatic N) is 3. The fraction of sp³-hybridized carbons (Fsp3) is 0.500. The fourth-order valence-electron chi connectivity index (χ4n) is 0.727. The predicted octanol–water partition coefficient (Wildman–Crippen LogP) is 0.185. The molecule has 0 saturated heterocycles. The van der Waals surface area contributed by atoms with Crippen LogP contribution in [0.15, 0.2) is 4.34 Å². The summed E-state index contributed by atoms with van der Waals surface area (Å²) in [4.78, 5) is 25.2. The van der Waals surface area contributed by atoms with Crippen molar-refractivity contribution in [3.8, 4) is 0 Å². The third-order valence-electron chi connectivity index (χ3n) is 1.33. The highest BCUT2D eigenvalue weighted by Gasteiger charge is 2.06. The molecule has 3 N–H and O–H groups in total. The summed E-state index contributed by atoms with van der Waals surface area (Å²) >= 11 is 3.43. The van der Waals surface area contributed by atoms with Gasteiger partial charge < -0.3 is 10.6 Å². The maximum Gasteiger partial charge on any atom is 0.294 e. The van der Waals surface area contributed by atoms with Crippen LogP contribution in [0.2, 0.25) is 0 Å². The molecule has 0 aliphatic carbocycles. The van der Waals surface area contributed by atoms with Crippen molar-refractivity contribution in [3.05, 3.63) is 10.1 Å². The van der Waals surface area contributed by atoms with Crippen molar-refractivity contribution in [2.24, 2.45) is 0 Å². The molecule has 0 radical (unpaired) electrons. The highest BCUT2D eigenvalue weighted by atomic mass is 32.2. The van der Waals surface area contributed by atoms with Gasteiger partial charge in [0, 0.05) is 17.7 Å². The smallest absolute Gasteiger partial charge is 0.294 e. The van der Waals surface area contributed by atoms with E-state index in [0.717, 1.165) is 11.9 Å². The number of anilines is 1. The number of nitrogens with one attached hydrogen (secondary N) is 1. The van der Waals surface area contributed by atoms with Crippen molar-refractivity contribution >= 4 is 46.1 Å². The second-order valence-electron chi connectivity index (χ2n) is 2.64. The summed E-state index contributed by atoms with van der Waals surface area (Å²) in [5.41, 5.74) is 5.37. The molecular formula is C6H9N5O4S3. The summed E-state index contributed by atoms with van der Waals surface area (Å²) in [5, 5.41) is 16.6. The van der Waals surface area contributed by atoms with E-state index in [1.54, 1.807) is 0 Å². The molecule has 1 rings (SSSR count). The minimum absolute atomic E-state index is 0.0367. The van der Waals surface area contributed by atoms with Gasteiger partial charge in [0.15, 0.2) is 4.34 Å². The molecule has 1 amide bonds. The van der Waals surface area contributed by atoms with E-state index in [4.69, 9.17) is 5.73 Å². The van der Waals surface area contributed by atoms with Gasteiger partial charge in [-0.05, 0) is 0 Å². The van der Waals surface area contributed by atoms with Crippen molar-refractivity contribution in [2.75, 3.05) is 23.8 Å². The Morgan fingerprint density at radius 2 is 2.39 bits per heavy atom. The zero-order valence-corrected chi connectivity index (χ0v) is 11.3. The highest BCUT2D eigenvalue weighted by molar-refractivity contribution is 8.01. The number of thioether (sulfide) groups is 1. The minimum atomic E-state index is -0.865. The van der Waals surface area contributed by atoms with Crippen LogP contribution in [0.3, 0.4) is 0 Å². The molecule has 0 saturated carbocycles. The monoisotopic (exact) mass is 311 g/mol. The molecule has 1 aromatic rings. The Bertz CT molecular complexity index is 414. The molecule has 0 aliphatic heterocycles. The molecule has 0 atom stereocenters. The summed E-state index contributed by atoms with van der Waals surface area (Å²) < 4.78 is 3.09. The topological polar surface area (TPSA) is 133 Å². The lowest BCUT2D eigenvalue weighted by Gasteiger charge is -2.01. The zero-order chi connectivity index (χ0) is 13.4. The molecule has 0 fully saturated rings. The van der Waals surface area contributed by atoms with E-state index in [9.17, 15) is 14.9 Å². The number of rotatable bonds is 8. The molecule has 1 aromatic heterocycles. The van der Waals surface area contributed by atoms with Crippen molar-refractivity contribution in [2.45, 2.75) is 4.34 Å². The standard InChI is InChI=1S/C6H9N5O4S3/c7-5-8-9-6(17-5)18-10-4(12)3-16-2-1-15-11(13)14/h1-3H2,(H2,7,8)(H,10,12). The van der Waals surface area contributed by atoms with Crippen LogP contribution in [0.5, 0.6) is 0 Å². The number of nitrogen functional groups attached to an aromatic ring is 1. The van der Waals surface area contributed by atoms with E-state index in [0.29, 0.717) is 15.2 Å². The molecule has 0 spiro atoms. The van der Waals surface area contributed by atoms with E-state index < -0.39 is 5.09 Å². The Morgan fingerprint density at radius 1 is 1.61 bits per heavy atom. The van der Waals surface area contributed by atoms with E-state index in [1.807, 2.05) is 0 Å². The second kappa shape index (κ2) is 7.94. The van der Waals surface area contributed by atoms with Gasteiger partial charge in [-0.3, -0.25) is 9.52 Å². The largest absolute Gasteiger partial charge is 0.374 e. The van der Waals surface area contributed by atoms with Crippen molar-refractivity contribution in [1.82, 2.24) is 14.9 Å². The highest BCUT2D eigenvalue weighted by Crippen LogP contribution is 2.20. The first-order valence-electron chi connectivity index (χ1n) is 4.47. The van der Waals surface area contributed by atoms with Gasteiger partial charge in [-0.25, -0.2) is 0 Å². The van der Waals surface area contributed by atoms with Gasteiger partial charge in [0.1, 0.15) is 6.61 Å². The van der Waals surface area contributed by atoms with Crippen LogP contribution in [0.25, 0.3) is 0 Å². The van der Waals surface area contributed by atoms with E-state index in [-0.39, 0.29) is 18.3 Å². The molecule has 1 heterocycles. The predicted molar refractivity (Wildman–Crippen MR) is 68.6 cm³/mol. The summed E-state index contributed by atoms with van der Waals surface area (Å²) in [6.45, 7) is -0.0367. The molecule has 100 valence electrons. The second-order valence-corrected chi connectivity index (χ2v) is 5.81. The Balaban J connectivity index is 2.05. The quantitative estimate of drug-likeness (QED) is 0.298. The van der Waals surface area contributed by atoms with Gasteiger partial charge in [-0.2, -0.15) is 0 Å². The van der Waals surface area contributed by atoms with Crippen LogP contribution >= 0.6 is 35.0 Å². The van der Waals surface area contributed by atoms with E-state index >= 15 is 0 Å². The lowest BCUT2D eigenvalue weighted by molar-refractivity contribution is -0.756. The third-order valence-corrected chi connectivity index (χ3v) is 3.89. The number of carbonyl (C=O) groups is 1. The SMILES string of the molecule is Nc1nnc(SNC(=O)CSCCO[N+](=O)[O-])s1. The zero-order valence-electron chi connectivity index (χ0n) is 8.90. The molecule has 0 aliphatic rings. The minimum Gasteiger partial charge on any atom is -0.374 e. The lowest BCUT2D eigenvalue weighted by Crippen LogP contribution is -2.18. The van der Waals surface area contributed by atoms with Crippen LogP contribution in [-0.4, -0.2) is 39.3 Å². The van der Waals surface area contributed by atoms with Crippen LogP contribution < -0.4 is 10.5 Å². The number of hydrogen-bond acceptors (Lipinski definition) is 10. The lowest BCUT2D eigenvalue weighted by atomic mass is 10.8. The van der Waals surface area contributed by atoms with Gasteiger partial charge >= 0.3 is 0 Å². The number of carbonyl (C=O) groups excluding carboxylic acids is 1. The summed E-state index contributed by atoms with van der Waals surface area (Å²) in [5.74, 6) is 0.326. The maximum atomic E-state index is 11.3. The Labute approximate surface area is 114 Å². The number of aromatic nitrogens is 2. The van der Waals surface area contributed by atoms with Gasteiger partial charge in [0.05, 0.1) is 5.75 Å². The van der Waals surface area contributed by atoms with Crippen LogP contribution in [0.4, 0.5) is 5.13 Å². The van der Waals surface area contributed by atoms with Gasteiger partial charge in [0.2, 0.25) is 11.0 Å². The normalized spacial score (nSPS) is 10.0. The number of hydrogen-bond donors (Lipinski definition) is 2. The Kier molecular flexibility index (Phi) is 6.53. The third kappa shape index (κ3) is 6.46. The summed E-state index contributed by atoms with van der Waals surface area (Å²) in [7, 11) is 0. The van der Waals surface area contributed by atoms with Crippen LogP contribution in [0.1, 0.15) is 0 Å². The molecular weight excluding hydrogens is 302 g/mol. The molecule has 9 nitrogen and oxygen atoms in total. The first kappa shape index (κ1) is 14.8. The Hall–Kier alpha value is -1.27. The van der Waals surface area contributed by atoms with E-state index in [1.165, 1.54) is 23.1 Å². The molecule has 0 bridgehead atoms. The molecule has 18 heavy (non-hydrogen) atoms. The average molecular weight is 311 g/mol. The van der Waals surface area contributed by atoms with E-state index in [2.05, 4.69) is 19.8 Å². The van der Waals surface area contributed by atoms with Crippen molar-refractivity contribution < 1.29 is 14.7 Å². The molecule has 12 heteroatoms. The van der Waals surface area contributed by atoms with Crippen LogP contribution in [0, 0.1) is 10.1 Å². The van der Waals surface area contributed by atoms with Gasteiger partial charge in [-0.1, -0.05) is 11.3 Å². The average Bonchev–Trinajstić information content (AvgIpc) is 2.71. The van der Waals surface area contributed by atoms with Gasteiger partial charge in [0.25, 0.3) is 5.09 Å². The Morgan fingerprint density at radius 3 is 3.00 bits per heavy atom. The molecule has 0 aromatic carbocycles.